The van der Waals surface area contributed by atoms with Crippen LogP contribution in [0.2, 0.25) is 0 Å². The highest BCUT2D eigenvalue weighted by atomic mass is 32.2. The third-order valence-corrected chi connectivity index (χ3v) is 4.28. The van der Waals surface area contributed by atoms with Crippen molar-refractivity contribution in [1.29, 1.82) is 0 Å². The summed E-state index contributed by atoms with van der Waals surface area (Å²) < 4.78 is 6.11. The quantitative estimate of drug-likeness (QED) is 0.733. The van der Waals surface area contributed by atoms with Gasteiger partial charge in [-0.3, -0.25) is 4.98 Å². The molecule has 0 radical (unpaired) electrons. The molecule has 1 unspecified atom stereocenters. The monoisotopic (exact) mass is 337 g/mol. The Morgan fingerprint density at radius 1 is 1.12 bits per heavy atom. The van der Waals surface area contributed by atoms with Gasteiger partial charge < -0.3 is 10.1 Å². The van der Waals surface area contributed by atoms with Crippen LogP contribution in [0.3, 0.4) is 0 Å². The van der Waals surface area contributed by atoms with E-state index in [0.29, 0.717) is 16.7 Å². The zero-order valence-corrected chi connectivity index (χ0v) is 13.8. The number of para-hydroxylation sites is 1. The second-order valence-corrected chi connectivity index (χ2v) is 6.35. The van der Waals surface area contributed by atoms with Gasteiger partial charge in [0.2, 0.25) is 17.3 Å². The van der Waals surface area contributed by atoms with E-state index >= 15 is 0 Å². The summed E-state index contributed by atoms with van der Waals surface area (Å²) in [5, 5.41) is 12.5. The summed E-state index contributed by atoms with van der Waals surface area (Å²) in [6.45, 7) is 2.05. The Morgan fingerprint density at radius 2 is 2.00 bits per heavy atom. The number of pyridine rings is 1. The first-order chi connectivity index (χ1) is 11.8. The summed E-state index contributed by atoms with van der Waals surface area (Å²) in [7, 11) is 0. The zero-order valence-electron chi connectivity index (χ0n) is 13.0. The van der Waals surface area contributed by atoms with Crippen LogP contribution in [-0.2, 0) is 0 Å². The van der Waals surface area contributed by atoms with Crippen molar-refractivity contribution in [2.45, 2.75) is 18.3 Å². The van der Waals surface area contributed by atoms with E-state index in [1.165, 1.54) is 11.8 Å². The number of ether oxygens (including phenoxy) is 1. The van der Waals surface area contributed by atoms with Crippen LogP contribution in [0, 0.1) is 0 Å². The molecule has 0 aliphatic carbocycles. The van der Waals surface area contributed by atoms with Crippen molar-refractivity contribution in [3.8, 4) is 17.1 Å². The Hall–Kier alpha value is -2.67. The van der Waals surface area contributed by atoms with E-state index in [0.717, 1.165) is 22.7 Å². The lowest BCUT2D eigenvalue weighted by molar-refractivity contribution is 0.220. The molecule has 2 aromatic heterocycles. The van der Waals surface area contributed by atoms with Crippen molar-refractivity contribution >= 4 is 17.4 Å². The first-order valence-electron chi connectivity index (χ1n) is 7.66. The van der Waals surface area contributed by atoms with Crippen LogP contribution in [0.15, 0.2) is 53.8 Å². The molecule has 0 spiro atoms. The number of hydrogen-bond donors (Lipinski definition) is 1. The van der Waals surface area contributed by atoms with E-state index in [4.69, 9.17) is 4.74 Å². The van der Waals surface area contributed by atoms with Crippen molar-refractivity contribution in [2.75, 3.05) is 11.1 Å². The van der Waals surface area contributed by atoms with Crippen LogP contribution in [0.25, 0.3) is 11.3 Å². The number of rotatable bonds is 3. The molecular formula is C17H15N5OS. The topological polar surface area (TPSA) is 72.8 Å². The predicted octanol–water partition coefficient (Wildman–Crippen LogP) is 3.55. The Labute approximate surface area is 143 Å². The lowest BCUT2D eigenvalue weighted by Crippen LogP contribution is -2.18. The van der Waals surface area contributed by atoms with Crippen molar-refractivity contribution < 1.29 is 4.74 Å². The van der Waals surface area contributed by atoms with Crippen molar-refractivity contribution in [3.05, 3.63) is 54.4 Å². The molecule has 3 aromatic rings. The molecule has 6 nitrogen and oxygen atoms in total. The second-order valence-electron chi connectivity index (χ2n) is 5.12. The average molecular weight is 337 g/mol. The molecule has 7 heteroatoms. The summed E-state index contributed by atoms with van der Waals surface area (Å²) in [5.74, 6) is 1.34. The molecule has 3 heterocycles. The van der Waals surface area contributed by atoms with E-state index in [9.17, 15) is 0 Å². The minimum atomic E-state index is -0.440. The number of anilines is 1. The lowest BCUT2D eigenvalue weighted by atomic mass is 10.1. The SMILES string of the molecule is CCSc1nnc2c(n1)OC(c1ccccn1)Nc1ccccc1-2. The number of aromatic nitrogens is 4. The van der Waals surface area contributed by atoms with Gasteiger partial charge in [-0.05, 0) is 24.0 Å². The molecule has 0 bridgehead atoms. The van der Waals surface area contributed by atoms with Crippen LogP contribution in [0.5, 0.6) is 5.88 Å². The van der Waals surface area contributed by atoms with Gasteiger partial charge in [0.05, 0.1) is 0 Å². The van der Waals surface area contributed by atoms with E-state index in [2.05, 4.69) is 25.5 Å². The zero-order chi connectivity index (χ0) is 16.4. The van der Waals surface area contributed by atoms with Crippen LogP contribution in [0.4, 0.5) is 5.69 Å². The van der Waals surface area contributed by atoms with E-state index < -0.39 is 6.23 Å². The minimum absolute atomic E-state index is 0.440. The van der Waals surface area contributed by atoms with Gasteiger partial charge in [-0.15, -0.1) is 10.2 Å². The highest BCUT2D eigenvalue weighted by Crippen LogP contribution is 2.38. The molecule has 1 N–H and O–H groups in total. The van der Waals surface area contributed by atoms with Crippen molar-refractivity contribution in [2.24, 2.45) is 0 Å². The minimum Gasteiger partial charge on any atom is -0.446 e. The van der Waals surface area contributed by atoms with Gasteiger partial charge in [0, 0.05) is 17.4 Å². The first kappa shape index (κ1) is 14.9. The normalized spacial score (nSPS) is 15.5. The Bertz CT molecular complexity index is 859. The highest BCUT2D eigenvalue weighted by Gasteiger charge is 2.26. The van der Waals surface area contributed by atoms with Crippen LogP contribution >= 0.6 is 11.8 Å². The van der Waals surface area contributed by atoms with Gasteiger partial charge in [-0.2, -0.15) is 4.98 Å². The summed E-state index contributed by atoms with van der Waals surface area (Å²) in [5.41, 5.74) is 3.25. The first-order valence-corrected chi connectivity index (χ1v) is 8.64. The van der Waals surface area contributed by atoms with Crippen LogP contribution in [0.1, 0.15) is 18.8 Å². The molecular weight excluding hydrogens is 322 g/mol. The third-order valence-electron chi connectivity index (χ3n) is 3.56. The maximum atomic E-state index is 6.11. The molecule has 0 amide bonds. The summed E-state index contributed by atoms with van der Waals surface area (Å²) in [6, 6.07) is 13.6. The Morgan fingerprint density at radius 3 is 2.83 bits per heavy atom. The van der Waals surface area contributed by atoms with Crippen molar-refractivity contribution in [1.82, 2.24) is 20.2 Å². The Kier molecular flexibility index (Phi) is 4.00. The summed E-state index contributed by atoms with van der Waals surface area (Å²) >= 11 is 1.53. The molecule has 120 valence electrons. The van der Waals surface area contributed by atoms with Crippen molar-refractivity contribution in [3.63, 3.8) is 0 Å². The summed E-state index contributed by atoms with van der Waals surface area (Å²) in [4.78, 5) is 8.93. The maximum absolute atomic E-state index is 6.11. The molecule has 24 heavy (non-hydrogen) atoms. The van der Waals surface area contributed by atoms with Gasteiger partial charge in [0.25, 0.3) is 0 Å². The fourth-order valence-electron chi connectivity index (χ4n) is 2.50. The third kappa shape index (κ3) is 2.78. The molecule has 1 aliphatic heterocycles. The fraction of sp³-hybridized carbons (Fsp3) is 0.176. The van der Waals surface area contributed by atoms with Gasteiger partial charge >= 0.3 is 0 Å². The fourth-order valence-corrected chi connectivity index (χ4v) is 3.01. The van der Waals surface area contributed by atoms with E-state index in [1.807, 2.05) is 49.4 Å². The largest absolute Gasteiger partial charge is 0.446 e. The van der Waals surface area contributed by atoms with Crippen LogP contribution in [-0.4, -0.2) is 25.9 Å². The molecule has 0 fully saturated rings. The molecule has 1 aromatic carbocycles. The smallest absolute Gasteiger partial charge is 0.247 e. The number of benzene rings is 1. The number of hydrogen-bond acceptors (Lipinski definition) is 7. The number of nitrogens with one attached hydrogen (secondary N) is 1. The molecule has 1 aliphatic rings. The second kappa shape index (κ2) is 6.45. The molecule has 1 atom stereocenters. The standard InChI is InChI=1S/C17H15N5OS/c1-2-24-17-20-16-14(21-22-17)11-7-3-4-8-12(11)19-15(23-16)13-9-5-6-10-18-13/h3-10,15,19H,2H2,1H3. The molecule has 0 saturated heterocycles. The number of nitrogens with zero attached hydrogens (tertiary/aromatic N) is 4. The van der Waals surface area contributed by atoms with E-state index in [1.54, 1.807) is 6.20 Å². The molecule has 4 rings (SSSR count). The van der Waals surface area contributed by atoms with E-state index in [-0.39, 0.29) is 0 Å². The lowest BCUT2D eigenvalue weighted by Gasteiger charge is -2.18. The predicted molar refractivity (Wildman–Crippen MR) is 92.9 cm³/mol. The average Bonchev–Trinajstić information content (AvgIpc) is 2.79. The van der Waals surface area contributed by atoms with Gasteiger partial charge in [-0.1, -0.05) is 43.0 Å². The van der Waals surface area contributed by atoms with Gasteiger partial charge in [0.1, 0.15) is 5.69 Å². The van der Waals surface area contributed by atoms with Gasteiger partial charge in [-0.25, -0.2) is 0 Å². The Balaban J connectivity index is 1.84. The maximum Gasteiger partial charge on any atom is 0.247 e. The summed E-state index contributed by atoms with van der Waals surface area (Å²) in [6.07, 6.45) is 1.30. The molecule has 0 saturated carbocycles. The van der Waals surface area contributed by atoms with Gasteiger partial charge in [0.15, 0.2) is 5.69 Å². The number of fused-ring (bicyclic) bond motifs is 3. The number of thioether (sulfide) groups is 1. The van der Waals surface area contributed by atoms with Crippen LogP contribution < -0.4 is 10.1 Å². The highest BCUT2D eigenvalue weighted by molar-refractivity contribution is 7.99.